The Balaban J connectivity index is 2.15. The summed E-state index contributed by atoms with van der Waals surface area (Å²) in [4.78, 5) is 11.9. The SMILES string of the molecule is Cc1ccc2c(c1)[C@@H](c1cc(C)c(O)c(C)c1)CC(=O)O2. The van der Waals surface area contributed by atoms with Gasteiger partial charge in [-0.25, -0.2) is 0 Å². The van der Waals surface area contributed by atoms with Crippen molar-refractivity contribution in [3.05, 3.63) is 58.1 Å². The van der Waals surface area contributed by atoms with E-state index < -0.39 is 0 Å². The summed E-state index contributed by atoms with van der Waals surface area (Å²) < 4.78 is 5.33. The number of esters is 1. The number of ether oxygens (including phenoxy) is 1. The van der Waals surface area contributed by atoms with Gasteiger partial charge >= 0.3 is 5.97 Å². The Bertz CT molecular complexity index is 708. The van der Waals surface area contributed by atoms with Crippen LogP contribution in [0.1, 0.15) is 40.2 Å². The smallest absolute Gasteiger partial charge is 0.312 e. The van der Waals surface area contributed by atoms with Crippen molar-refractivity contribution in [3.63, 3.8) is 0 Å². The molecule has 0 amide bonds. The van der Waals surface area contributed by atoms with Crippen molar-refractivity contribution in [1.29, 1.82) is 0 Å². The van der Waals surface area contributed by atoms with E-state index >= 15 is 0 Å². The number of carbonyl (C=O) groups is 1. The van der Waals surface area contributed by atoms with Crippen LogP contribution in [-0.2, 0) is 4.79 Å². The van der Waals surface area contributed by atoms with Gasteiger partial charge in [0.1, 0.15) is 11.5 Å². The normalized spacial score (nSPS) is 17.3. The van der Waals surface area contributed by atoms with Crippen molar-refractivity contribution < 1.29 is 14.6 Å². The minimum Gasteiger partial charge on any atom is -0.507 e. The van der Waals surface area contributed by atoms with Crippen molar-refractivity contribution >= 4 is 5.97 Å². The maximum atomic E-state index is 11.9. The van der Waals surface area contributed by atoms with Gasteiger partial charge in [0.15, 0.2) is 0 Å². The Kier molecular flexibility index (Phi) is 3.20. The molecule has 1 aliphatic heterocycles. The molecular formula is C18H18O3. The number of phenolic OH excluding ortho intramolecular Hbond substituents is 1. The quantitative estimate of drug-likeness (QED) is 0.640. The Morgan fingerprint density at radius 2 is 1.76 bits per heavy atom. The van der Waals surface area contributed by atoms with Crippen LogP contribution in [0, 0.1) is 20.8 Å². The number of hydrogen-bond acceptors (Lipinski definition) is 3. The van der Waals surface area contributed by atoms with Gasteiger partial charge in [-0.1, -0.05) is 29.8 Å². The third-order valence-electron chi connectivity index (χ3n) is 4.05. The summed E-state index contributed by atoms with van der Waals surface area (Å²) in [5.41, 5.74) is 4.89. The van der Waals surface area contributed by atoms with Crippen molar-refractivity contribution in [2.75, 3.05) is 0 Å². The lowest BCUT2D eigenvalue weighted by molar-refractivity contribution is -0.135. The zero-order chi connectivity index (χ0) is 15.1. The molecule has 3 nitrogen and oxygen atoms in total. The summed E-state index contributed by atoms with van der Waals surface area (Å²) in [6.07, 6.45) is 0.333. The molecule has 0 bridgehead atoms. The van der Waals surface area contributed by atoms with E-state index in [9.17, 15) is 9.90 Å². The van der Waals surface area contributed by atoms with Crippen LogP contribution in [0.15, 0.2) is 30.3 Å². The fraction of sp³-hybridized carbons (Fsp3) is 0.278. The second-order valence-electron chi connectivity index (χ2n) is 5.78. The van der Waals surface area contributed by atoms with E-state index in [4.69, 9.17) is 4.74 Å². The van der Waals surface area contributed by atoms with Crippen LogP contribution in [0.5, 0.6) is 11.5 Å². The highest BCUT2D eigenvalue weighted by Crippen LogP contribution is 2.40. The van der Waals surface area contributed by atoms with Crippen LogP contribution in [0.2, 0.25) is 0 Å². The molecule has 3 rings (SSSR count). The highest BCUT2D eigenvalue weighted by Gasteiger charge is 2.29. The molecular weight excluding hydrogens is 264 g/mol. The van der Waals surface area contributed by atoms with Gasteiger partial charge in [0.2, 0.25) is 0 Å². The molecule has 21 heavy (non-hydrogen) atoms. The van der Waals surface area contributed by atoms with Gasteiger partial charge in [-0.3, -0.25) is 4.79 Å². The van der Waals surface area contributed by atoms with E-state index in [1.807, 2.05) is 45.0 Å². The third-order valence-corrected chi connectivity index (χ3v) is 4.05. The lowest BCUT2D eigenvalue weighted by Crippen LogP contribution is -2.21. The molecule has 2 aromatic carbocycles. The topological polar surface area (TPSA) is 46.5 Å². The molecule has 3 heteroatoms. The first kappa shape index (κ1) is 13.7. The zero-order valence-corrected chi connectivity index (χ0v) is 12.4. The number of hydrogen-bond donors (Lipinski definition) is 1. The number of fused-ring (bicyclic) bond motifs is 1. The number of carbonyl (C=O) groups excluding carboxylic acids is 1. The Hall–Kier alpha value is -2.29. The largest absolute Gasteiger partial charge is 0.507 e. The average Bonchev–Trinajstić information content (AvgIpc) is 2.44. The Morgan fingerprint density at radius 1 is 1.10 bits per heavy atom. The van der Waals surface area contributed by atoms with Gasteiger partial charge < -0.3 is 9.84 Å². The molecule has 0 aromatic heterocycles. The van der Waals surface area contributed by atoms with Gasteiger partial charge in [0.05, 0.1) is 6.42 Å². The highest BCUT2D eigenvalue weighted by molar-refractivity contribution is 5.77. The molecule has 108 valence electrons. The van der Waals surface area contributed by atoms with Crippen LogP contribution >= 0.6 is 0 Å². The molecule has 0 saturated heterocycles. The third kappa shape index (κ3) is 2.40. The Labute approximate surface area is 124 Å². The second-order valence-corrected chi connectivity index (χ2v) is 5.78. The van der Waals surface area contributed by atoms with E-state index in [2.05, 4.69) is 6.07 Å². The van der Waals surface area contributed by atoms with Gasteiger partial charge in [-0.2, -0.15) is 0 Å². The monoisotopic (exact) mass is 282 g/mol. The minimum absolute atomic E-state index is 0.0147. The number of benzene rings is 2. The molecule has 0 fully saturated rings. The maximum Gasteiger partial charge on any atom is 0.312 e. The van der Waals surface area contributed by atoms with Crippen molar-refractivity contribution in [2.45, 2.75) is 33.1 Å². The molecule has 0 aliphatic carbocycles. The van der Waals surface area contributed by atoms with Crippen LogP contribution in [-0.4, -0.2) is 11.1 Å². The van der Waals surface area contributed by atoms with Crippen molar-refractivity contribution in [3.8, 4) is 11.5 Å². The number of aromatic hydroxyl groups is 1. The van der Waals surface area contributed by atoms with Crippen LogP contribution in [0.25, 0.3) is 0 Å². The fourth-order valence-corrected chi connectivity index (χ4v) is 2.96. The van der Waals surface area contributed by atoms with Gasteiger partial charge in [0, 0.05) is 11.5 Å². The fourth-order valence-electron chi connectivity index (χ4n) is 2.96. The molecule has 1 aliphatic rings. The standard InChI is InChI=1S/C18H18O3/c1-10-4-5-16-15(6-10)14(9-17(19)21-16)13-7-11(2)18(20)12(3)8-13/h4-8,14,20H,9H2,1-3H3/t14-/m1/s1. The van der Waals surface area contributed by atoms with Crippen molar-refractivity contribution in [2.24, 2.45) is 0 Å². The first-order valence-corrected chi connectivity index (χ1v) is 7.07. The molecule has 1 atom stereocenters. The molecule has 0 saturated carbocycles. The first-order chi connectivity index (χ1) is 9.95. The summed E-state index contributed by atoms with van der Waals surface area (Å²) >= 11 is 0. The summed E-state index contributed by atoms with van der Waals surface area (Å²) in [6, 6.07) is 9.79. The summed E-state index contributed by atoms with van der Waals surface area (Å²) in [7, 11) is 0. The number of rotatable bonds is 1. The molecule has 1 heterocycles. The lowest BCUT2D eigenvalue weighted by Gasteiger charge is -2.26. The van der Waals surface area contributed by atoms with E-state index in [0.29, 0.717) is 17.9 Å². The predicted molar refractivity (Wildman–Crippen MR) is 80.9 cm³/mol. The lowest BCUT2D eigenvalue weighted by atomic mass is 9.84. The average molecular weight is 282 g/mol. The summed E-state index contributed by atoms with van der Waals surface area (Å²) in [6.45, 7) is 5.79. The highest BCUT2D eigenvalue weighted by atomic mass is 16.5. The van der Waals surface area contributed by atoms with Crippen LogP contribution in [0.3, 0.4) is 0 Å². The number of phenols is 1. The van der Waals surface area contributed by atoms with E-state index in [0.717, 1.165) is 27.8 Å². The summed E-state index contributed by atoms with van der Waals surface area (Å²) in [5, 5.41) is 9.93. The van der Waals surface area contributed by atoms with Gasteiger partial charge in [0.25, 0.3) is 0 Å². The number of aryl methyl sites for hydroxylation is 3. The zero-order valence-electron chi connectivity index (χ0n) is 12.4. The second kappa shape index (κ2) is 4.92. The molecule has 0 spiro atoms. The maximum absolute atomic E-state index is 11.9. The molecule has 0 unspecified atom stereocenters. The Morgan fingerprint density at radius 3 is 2.43 bits per heavy atom. The van der Waals surface area contributed by atoms with E-state index in [1.54, 1.807) is 0 Å². The molecule has 1 N–H and O–H groups in total. The molecule has 0 radical (unpaired) electrons. The van der Waals surface area contributed by atoms with E-state index in [1.165, 1.54) is 0 Å². The molecule has 2 aromatic rings. The van der Waals surface area contributed by atoms with Crippen molar-refractivity contribution in [1.82, 2.24) is 0 Å². The minimum atomic E-state index is -0.209. The van der Waals surface area contributed by atoms with E-state index in [-0.39, 0.29) is 11.9 Å². The van der Waals surface area contributed by atoms with Crippen LogP contribution in [0.4, 0.5) is 0 Å². The van der Waals surface area contributed by atoms with Crippen LogP contribution < -0.4 is 4.74 Å². The van der Waals surface area contributed by atoms with Gasteiger partial charge in [-0.15, -0.1) is 0 Å². The van der Waals surface area contributed by atoms with Gasteiger partial charge in [-0.05, 0) is 43.5 Å². The summed E-state index contributed by atoms with van der Waals surface area (Å²) in [5.74, 6) is 0.741. The predicted octanol–water partition coefficient (Wildman–Crippen LogP) is 3.76. The first-order valence-electron chi connectivity index (χ1n) is 7.07.